The summed E-state index contributed by atoms with van der Waals surface area (Å²) < 4.78 is 7.97. The summed E-state index contributed by atoms with van der Waals surface area (Å²) in [6, 6.07) is 13.5. The summed E-state index contributed by atoms with van der Waals surface area (Å²) in [5, 5.41) is 12.9. The molecule has 4 aromatic rings. The molecule has 29 heavy (non-hydrogen) atoms. The van der Waals surface area contributed by atoms with E-state index < -0.39 is 0 Å². The van der Waals surface area contributed by atoms with Crippen LogP contribution in [0.25, 0.3) is 22.6 Å². The molecule has 3 aromatic heterocycles. The first kappa shape index (κ1) is 19.2. The van der Waals surface area contributed by atoms with Crippen molar-refractivity contribution in [3.8, 4) is 11.6 Å². The molecule has 0 aliphatic carbocycles. The Morgan fingerprint density at radius 2 is 1.97 bits per heavy atom. The molecule has 148 valence electrons. The minimum absolute atomic E-state index is 0.101. The van der Waals surface area contributed by atoms with E-state index in [1.807, 2.05) is 41.8 Å². The van der Waals surface area contributed by atoms with Gasteiger partial charge >= 0.3 is 0 Å². The van der Waals surface area contributed by atoms with Crippen molar-refractivity contribution in [1.82, 2.24) is 19.7 Å². The van der Waals surface area contributed by atoms with Gasteiger partial charge in [-0.3, -0.25) is 14.3 Å². The van der Waals surface area contributed by atoms with Gasteiger partial charge in [-0.2, -0.15) is 0 Å². The number of nitrogens with zero attached hydrogens (tertiary/aromatic N) is 4. The molecule has 0 saturated heterocycles. The number of furan rings is 1. The molecular weight excluding hydrogens is 386 g/mol. The van der Waals surface area contributed by atoms with Crippen LogP contribution in [0.4, 0.5) is 5.69 Å². The van der Waals surface area contributed by atoms with Gasteiger partial charge in [0.05, 0.1) is 17.1 Å². The van der Waals surface area contributed by atoms with Crippen molar-refractivity contribution >= 4 is 34.3 Å². The van der Waals surface area contributed by atoms with Crippen LogP contribution in [0.1, 0.15) is 26.8 Å². The molecule has 0 bridgehead atoms. The number of hydrogen-bond donors (Lipinski definition) is 1. The second-order valence-corrected chi connectivity index (χ2v) is 8.22. The highest BCUT2D eigenvalue weighted by Crippen LogP contribution is 2.33. The van der Waals surface area contributed by atoms with E-state index in [-0.39, 0.29) is 17.2 Å². The van der Waals surface area contributed by atoms with E-state index in [1.54, 1.807) is 24.5 Å². The number of rotatable bonds is 6. The lowest BCUT2D eigenvalue weighted by molar-refractivity contribution is -0.115. The highest BCUT2D eigenvalue weighted by molar-refractivity contribution is 8.00. The first-order chi connectivity index (χ1) is 14.0. The number of benzene rings is 1. The second kappa shape index (κ2) is 8.08. The Hall–Kier alpha value is -3.13. The van der Waals surface area contributed by atoms with E-state index in [9.17, 15) is 4.79 Å². The van der Waals surface area contributed by atoms with Gasteiger partial charge in [-0.1, -0.05) is 30.0 Å². The van der Waals surface area contributed by atoms with Crippen LogP contribution in [-0.4, -0.2) is 30.9 Å². The number of carbonyl (C=O) groups is 1. The van der Waals surface area contributed by atoms with Crippen LogP contribution in [-0.2, 0) is 4.79 Å². The number of hydrogen-bond acceptors (Lipinski definition) is 6. The molecule has 1 atom stereocenters. The van der Waals surface area contributed by atoms with Gasteiger partial charge in [0.2, 0.25) is 11.7 Å². The average Bonchev–Trinajstić information content (AvgIpc) is 3.32. The molecule has 0 fully saturated rings. The Morgan fingerprint density at radius 3 is 2.69 bits per heavy atom. The molecule has 4 rings (SSSR count). The molecule has 0 spiro atoms. The standard InChI is InChI=1S/C21H21N5O2S/c1-13(2)26-19(18-11-15-7-4-5-9-17(15)28-18)24-25-21(26)29-14(3)20(27)23-16-8-6-10-22-12-16/h4-14H,1-3H3,(H,23,27)/t14-/m0/s1. The van der Waals surface area contributed by atoms with Crippen molar-refractivity contribution in [1.29, 1.82) is 0 Å². The van der Waals surface area contributed by atoms with Crippen LogP contribution in [0.2, 0.25) is 0 Å². The van der Waals surface area contributed by atoms with E-state index >= 15 is 0 Å². The number of carbonyl (C=O) groups excluding carboxylic acids is 1. The summed E-state index contributed by atoms with van der Waals surface area (Å²) in [6.07, 6.45) is 3.28. The summed E-state index contributed by atoms with van der Waals surface area (Å²) in [6.45, 7) is 5.95. The van der Waals surface area contributed by atoms with Crippen LogP contribution < -0.4 is 5.32 Å². The number of anilines is 1. The summed E-state index contributed by atoms with van der Waals surface area (Å²) in [7, 11) is 0. The fourth-order valence-corrected chi connectivity index (χ4v) is 3.96. The predicted octanol–water partition coefficient (Wildman–Crippen LogP) is 4.79. The Balaban J connectivity index is 1.58. The summed E-state index contributed by atoms with van der Waals surface area (Å²) in [5.74, 6) is 1.19. The van der Waals surface area contributed by atoms with Crippen molar-refractivity contribution in [3.63, 3.8) is 0 Å². The molecule has 0 radical (unpaired) electrons. The number of pyridine rings is 1. The largest absolute Gasteiger partial charge is 0.453 e. The van der Waals surface area contributed by atoms with Crippen molar-refractivity contribution in [2.75, 3.05) is 5.32 Å². The lowest BCUT2D eigenvalue weighted by Gasteiger charge is -2.15. The van der Waals surface area contributed by atoms with E-state index in [0.717, 1.165) is 11.0 Å². The number of nitrogens with one attached hydrogen (secondary N) is 1. The molecule has 3 heterocycles. The summed E-state index contributed by atoms with van der Waals surface area (Å²) in [5.41, 5.74) is 1.47. The van der Waals surface area contributed by atoms with Gasteiger partial charge in [0.25, 0.3) is 0 Å². The van der Waals surface area contributed by atoms with Crippen LogP contribution >= 0.6 is 11.8 Å². The molecule has 0 aliphatic rings. The highest BCUT2D eigenvalue weighted by Gasteiger charge is 2.24. The first-order valence-corrected chi connectivity index (χ1v) is 10.2. The second-order valence-electron chi connectivity index (χ2n) is 6.91. The molecule has 7 nitrogen and oxygen atoms in total. The summed E-state index contributed by atoms with van der Waals surface area (Å²) >= 11 is 1.36. The van der Waals surface area contributed by atoms with Crippen molar-refractivity contribution in [2.45, 2.75) is 37.2 Å². The topological polar surface area (TPSA) is 85.8 Å². The number of fused-ring (bicyclic) bond motifs is 1. The average molecular weight is 407 g/mol. The maximum Gasteiger partial charge on any atom is 0.237 e. The minimum atomic E-state index is -0.361. The van der Waals surface area contributed by atoms with E-state index in [0.29, 0.717) is 22.4 Å². The van der Waals surface area contributed by atoms with Crippen molar-refractivity contribution in [3.05, 3.63) is 54.9 Å². The zero-order valence-corrected chi connectivity index (χ0v) is 17.2. The molecule has 8 heteroatoms. The predicted molar refractivity (Wildman–Crippen MR) is 114 cm³/mol. The molecule has 1 N–H and O–H groups in total. The molecule has 0 unspecified atom stereocenters. The number of para-hydroxylation sites is 1. The zero-order valence-electron chi connectivity index (χ0n) is 16.4. The summed E-state index contributed by atoms with van der Waals surface area (Å²) in [4.78, 5) is 16.6. The first-order valence-electron chi connectivity index (χ1n) is 9.34. The lowest BCUT2D eigenvalue weighted by Crippen LogP contribution is -2.23. The van der Waals surface area contributed by atoms with Gasteiger partial charge in [-0.15, -0.1) is 10.2 Å². The molecule has 0 aliphatic heterocycles. The van der Waals surface area contributed by atoms with Crippen molar-refractivity contribution < 1.29 is 9.21 Å². The molecule has 0 saturated carbocycles. The van der Waals surface area contributed by atoms with Gasteiger partial charge in [-0.05, 0) is 45.0 Å². The molecule has 1 aromatic carbocycles. The Kier molecular flexibility index (Phi) is 5.35. The van der Waals surface area contributed by atoms with E-state index in [1.165, 1.54) is 11.8 Å². The van der Waals surface area contributed by atoms with Crippen LogP contribution in [0.15, 0.2) is 64.4 Å². The Morgan fingerprint density at radius 1 is 1.14 bits per heavy atom. The van der Waals surface area contributed by atoms with E-state index in [4.69, 9.17) is 4.42 Å². The molecular formula is C21H21N5O2S. The smallest absolute Gasteiger partial charge is 0.237 e. The number of aromatic nitrogens is 4. The number of amides is 1. The fraction of sp³-hybridized carbons (Fsp3) is 0.238. The van der Waals surface area contributed by atoms with Crippen LogP contribution in [0.3, 0.4) is 0 Å². The highest BCUT2D eigenvalue weighted by atomic mass is 32.2. The third kappa shape index (κ3) is 4.02. The van der Waals surface area contributed by atoms with Crippen LogP contribution in [0, 0.1) is 0 Å². The van der Waals surface area contributed by atoms with Gasteiger partial charge < -0.3 is 9.73 Å². The lowest BCUT2D eigenvalue weighted by atomic mass is 10.2. The minimum Gasteiger partial charge on any atom is -0.453 e. The van der Waals surface area contributed by atoms with Gasteiger partial charge in [-0.25, -0.2) is 0 Å². The molecule has 1 amide bonds. The zero-order chi connectivity index (χ0) is 20.4. The quantitative estimate of drug-likeness (QED) is 0.463. The maximum atomic E-state index is 12.6. The van der Waals surface area contributed by atoms with E-state index in [2.05, 4.69) is 34.3 Å². The van der Waals surface area contributed by atoms with Gasteiger partial charge in [0, 0.05) is 17.6 Å². The Bertz CT molecular complexity index is 1100. The Labute approximate surface area is 172 Å². The normalized spacial score (nSPS) is 12.4. The van der Waals surface area contributed by atoms with Crippen LogP contribution in [0.5, 0.6) is 0 Å². The maximum absolute atomic E-state index is 12.6. The monoisotopic (exact) mass is 407 g/mol. The number of thioether (sulfide) groups is 1. The SMILES string of the molecule is CC(C)n1c(S[C@@H](C)C(=O)Nc2cccnc2)nnc1-c1cc2ccccc2o1. The third-order valence-electron chi connectivity index (χ3n) is 4.41. The fourth-order valence-electron chi connectivity index (χ4n) is 2.98. The van der Waals surface area contributed by atoms with Crippen molar-refractivity contribution in [2.24, 2.45) is 0 Å². The van der Waals surface area contributed by atoms with Gasteiger partial charge in [0.1, 0.15) is 5.58 Å². The van der Waals surface area contributed by atoms with Gasteiger partial charge in [0.15, 0.2) is 10.9 Å². The third-order valence-corrected chi connectivity index (χ3v) is 5.46.